The minimum atomic E-state index is 0.478. The molecule has 0 N–H and O–H groups in total. The summed E-state index contributed by atoms with van der Waals surface area (Å²) in [5.41, 5.74) is 2.02. The maximum absolute atomic E-state index is 9.04. The zero-order chi connectivity index (χ0) is 18.8. The molecule has 2 rings (SSSR count). The van der Waals surface area contributed by atoms with Crippen LogP contribution in [0.2, 0.25) is 0 Å². The minimum absolute atomic E-state index is 0.478. The van der Waals surface area contributed by atoms with Gasteiger partial charge in [0.2, 0.25) is 0 Å². The van der Waals surface area contributed by atoms with Gasteiger partial charge in [0.25, 0.3) is 0 Å². The van der Waals surface area contributed by atoms with E-state index in [-0.39, 0.29) is 0 Å². The third kappa shape index (κ3) is 5.39. The number of hydrogen-bond donors (Lipinski definition) is 0. The second kappa shape index (κ2) is 9.50. The van der Waals surface area contributed by atoms with Gasteiger partial charge in [-0.25, -0.2) is 0 Å². The van der Waals surface area contributed by atoms with Gasteiger partial charge in [0.05, 0.1) is 24.2 Å². The standard InChI is InChI=1S/C18H18N8/c1-25(23-21-17-9-5-3-7-15(17)13-19)11-12-26(2)24-22-18-10-6-4-8-16(18)14-20/h3-10H,11-12H2,1-2H3. The quantitative estimate of drug-likeness (QED) is 0.558. The van der Waals surface area contributed by atoms with Crippen LogP contribution in [0.1, 0.15) is 11.1 Å². The lowest BCUT2D eigenvalue weighted by Crippen LogP contribution is -2.24. The molecule has 0 aliphatic carbocycles. The van der Waals surface area contributed by atoms with Crippen LogP contribution in [-0.4, -0.2) is 37.2 Å². The van der Waals surface area contributed by atoms with Gasteiger partial charge >= 0.3 is 0 Å². The zero-order valence-electron chi connectivity index (χ0n) is 14.6. The highest BCUT2D eigenvalue weighted by molar-refractivity contribution is 5.52. The fraction of sp³-hybridized carbons (Fsp3) is 0.222. The van der Waals surface area contributed by atoms with Crippen molar-refractivity contribution in [2.24, 2.45) is 20.7 Å². The molecule has 0 radical (unpaired) electrons. The minimum Gasteiger partial charge on any atom is -0.280 e. The van der Waals surface area contributed by atoms with Crippen LogP contribution in [0.25, 0.3) is 0 Å². The van der Waals surface area contributed by atoms with Gasteiger partial charge in [0, 0.05) is 14.1 Å². The summed E-state index contributed by atoms with van der Waals surface area (Å²) in [6.45, 7) is 1.13. The molecular formula is C18H18N8. The molecular weight excluding hydrogens is 328 g/mol. The van der Waals surface area contributed by atoms with Gasteiger partial charge in [-0.2, -0.15) is 10.5 Å². The number of nitrogens with zero attached hydrogens (tertiary/aromatic N) is 8. The van der Waals surface area contributed by atoms with Crippen LogP contribution in [0, 0.1) is 22.7 Å². The molecule has 0 saturated heterocycles. The molecule has 0 fully saturated rings. The molecule has 0 spiro atoms. The van der Waals surface area contributed by atoms with E-state index in [9.17, 15) is 0 Å². The Morgan fingerprint density at radius 2 is 1.12 bits per heavy atom. The van der Waals surface area contributed by atoms with Crippen LogP contribution >= 0.6 is 0 Å². The average molecular weight is 346 g/mol. The van der Waals surface area contributed by atoms with E-state index in [0.29, 0.717) is 35.6 Å². The van der Waals surface area contributed by atoms with Crippen LogP contribution in [-0.2, 0) is 0 Å². The highest BCUT2D eigenvalue weighted by atomic mass is 15.6. The van der Waals surface area contributed by atoms with E-state index < -0.39 is 0 Å². The average Bonchev–Trinajstić information content (AvgIpc) is 2.69. The van der Waals surface area contributed by atoms with Gasteiger partial charge in [-0.05, 0) is 24.3 Å². The molecule has 0 aliphatic rings. The van der Waals surface area contributed by atoms with Gasteiger partial charge < -0.3 is 0 Å². The Labute approximate surface area is 152 Å². The predicted octanol–water partition coefficient (Wildman–Crippen LogP) is 3.99. The molecule has 0 unspecified atom stereocenters. The van der Waals surface area contributed by atoms with E-state index in [1.807, 2.05) is 12.1 Å². The number of likely N-dealkylation sites (N-methyl/N-ethyl adjacent to an activating group) is 2. The van der Waals surface area contributed by atoms with E-state index in [0.717, 1.165) is 0 Å². The first-order valence-electron chi connectivity index (χ1n) is 7.88. The van der Waals surface area contributed by atoms with E-state index in [1.54, 1.807) is 60.5 Å². The molecule has 8 nitrogen and oxygen atoms in total. The summed E-state index contributed by atoms with van der Waals surface area (Å²) in [5.74, 6) is 0. The smallest absolute Gasteiger partial charge is 0.105 e. The Morgan fingerprint density at radius 3 is 1.50 bits per heavy atom. The van der Waals surface area contributed by atoms with Gasteiger partial charge in [-0.15, -0.1) is 10.2 Å². The van der Waals surface area contributed by atoms with E-state index in [2.05, 4.69) is 32.8 Å². The van der Waals surface area contributed by atoms with Crippen LogP contribution in [0.5, 0.6) is 0 Å². The highest BCUT2D eigenvalue weighted by Crippen LogP contribution is 2.19. The van der Waals surface area contributed by atoms with Crippen molar-refractivity contribution in [3.05, 3.63) is 59.7 Å². The third-order valence-corrected chi connectivity index (χ3v) is 3.41. The first-order chi connectivity index (χ1) is 12.6. The lowest BCUT2D eigenvalue weighted by molar-refractivity contribution is 0.252. The zero-order valence-corrected chi connectivity index (χ0v) is 14.6. The summed E-state index contributed by atoms with van der Waals surface area (Å²) in [5, 5.41) is 37.7. The largest absolute Gasteiger partial charge is 0.280 e. The van der Waals surface area contributed by atoms with Crippen LogP contribution < -0.4 is 0 Å². The SMILES string of the molecule is CN(CCN(C)N=Nc1ccccc1C#N)N=Nc1ccccc1C#N. The first kappa shape index (κ1) is 18.6. The second-order valence-corrected chi connectivity index (χ2v) is 5.40. The van der Waals surface area contributed by atoms with Crippen LogP contribution in [0.4, 0.5) is 11.4 Å². The van der Waals surface area contributed by atoms with E-state index in [1.165, 1.54) is 0 Å². The molecule has 26 heavy (non-hydrogen) atoms. The maximum Gasteiger partial charge on any atom is 0.105 e. The monoisotopic (exact) mass is 346 g/mol. The number of benzene rings is 2. The molecule has 130 valence electrons. The summed E-state index contributed by atoms with van der Waals surface area (Å²) >= 11 is 0. The lowest BCUT2D eigenvalue weighted by Gasteiger charge is -2.15. The molecule has 2 aromatic rings. The summed E-state index contributed by atoms with van der Waals surface area (Å²) in [7, 11) is 3.57. The molecule has 0 aromatic heterocycles. The van der Waals surface area contributed by atoms with Gasteiger partial charge in [0.1, 0.15) is 23.5 Å². The van der Waals surface area contributed by atoms with Gasteiger partial charge in [-0.3, -0.25) is 10.0 Å². The predicted molar refractivity (Wildman–Crippen MR) is 96.6 cm³/mol. The molecule has 0 atom stereocenters. The van der Waals surface area contributed by atoms with E-state index >= 15 is 0 Å². The van der Waals surface area contributed by atoms with Crippen molar-refractivity contribution in [2.75, 3.05) is 27.2 Å². The molecule has 8 heteroatoms. The lowest BCUT2D eigenvalue weighted by atomic mass is 10.2. The van der Waals surface area contributed by atoms with Crippen molar-refractivity contribution < 1.29 is 0 Å². The normalized spacial score (nSPS) is 10.6. The van der Waals surface area contributed by atoms with Crippen molar-refractivity contribution in [3.63, 3.8) is 0 Å². The maximum atomic E-state index is 9.04. The van der Waals surface area contributed by atoms with Crippen LogP contribution in [0.3, 0.4) is 0 Å². The Morgan fingerprint density at radius 1 is 0.731 bits per heavy atom. The highest BCUT2D eigenvalue weighted by Gasteiger charge is 2.02. The Kier molecular flexibility index (Phi) is 6.78. The summed E-state index contributed by atoms with van der Waals surface area (Å²) in [6.07, 6.45) is 0. The van der Waals surface area contributed by atoms with Gasteiger partial charge in [-0.1, -0.05) is 34.7 Å². The third-order valence-electron chi connectivity index (χ3n) is 3.41. The second-order valence-electron chi connectivity index (χ2n) is 5.40. The molecule has 0 aliphatic heterocycles. The number of hydrogen-bond acceptors (Lipinski definition) is 6. The number of nitriles is 2. The Hall–Kier alpha value is -3.78. The molecule has 0 bridgehead atoms. The number of rotatable bonds is 7. The van der Waals surface area contributed by atoms with Crippen LogP contribution in [0.15, 0.2) is 69.2 Å². The molecule has 0 saturated carbocycles. The summed E-state index contributed by atoms with van der Waals surface area (Å²) in [4.78, 5) is 0. The fourth-order valence-corrected chi connectivity index (χ4v) is 1.94. The molecule has 2 aromatic carbocycles. The van der Waals surface area contributed by atoms with Crippen molar-refractivity contribution in [3.8, 4) is 12.1 Å². The first-order valence-corrected chi connectivity index (χ1v) is 7.88. The van der Waals surface area contributed by atoms with Crippen molar-refractivity contribution in [1.29, 1.82) is 10.5 Å². The molecule has 0 heterocycles. The summed E-state index contributed by atoms with van der Waals surface area (Å²) in [6, 6.07) is 18.2. The van der Waals surface area contributed by atoms with Crippen molar-refractivity contribution >= 4 is 11.4 Å². The van der Waals surface area contributed by atoms with Gasteiger partial charge in [0.15, 0.2) is 0 Å². The Bertz CT molecular complexity index is 802. The summed E-state index contributed by atoms with van der Waals surface area (Å²) < 4.78 is 0. The topological polar surface area (TPSA) is 104 Å². The molecule has 0 amide bonds. The van der Waals surface area contributed by atoms with E-state index in [4.69, 9.17) is 10.5 Å². The fourth-order valence-electron chi connectivity index (χ4n) is 1.94. The Balaban J connectivity index is 1.88. The van der Waals surface area contributed by atoms with Crippen molar-refractivity contribution in [1.82, 2.24) is 10.0 Å². The van der Waals surface area contributed by atoms with Crippen molar-refractivity contribution in [2.45, 2.75) is 0 Å².